The molecule has 2 heterocycles. The van der Waals surface area contributed by atoms with Crippen molar-refractivity contribution in [2.75, 3.05) is 25.0 Å². The van der Waals surface area contributed by atoms with Crippen molar-refractivity contribution >= 4 is 27.6 Å². The Balaban J connectivity index is 1.66. The number of sulfonamides is 1. The van der Waals surface area contributed by atoms with Crippen LogP contribution in [0.25, 0.3) is 0 Å². The Labute approximate surface area is 169 Å². The molecule has 8 nitrogen and oxygen atoms in total. The van der Waals surface area contributed by atoms with E-state index in [4.69, 9.17) is 4.74 Å². The minimum atomic E-state index is -3.61. The van der Waals surface area contributed by atoms with Crippen LogP contribution in [0, 0.1) is 6.92 Å². The van der Waals surface area contributed by atoms with Crippen LogP contribution in [-0.2, 0) is 19.6 Å². The van der Waals surface area contributed by atoms with Gasteiger partial charge in [-0.05, 0) is 49.6 Å². The molecular weight excluding hydrogens is 394 g/mol. The summed E-state index contributed by atoms with van der Waals surface area (Å²) in [7, 11) is -3.61. The van der Waals surface area contributed by atoms with E-state index in [0.29, 0.717) is 29.9 Å². The van der Waals surface area contributed by atoms with Gasteiger partial charge in [-0.3, -0.25) is 9.78 Å². The van der Waals surface area contributed by atoms with Crippen molar-refractivity contribution in [3.63, 3.8) is 0 Å². The minimum absolute atomic E-state index is 0.133. The largest absolute Gasteiger partial charge is 0.452 e. The van der Waals surface area contributed by atoms with Gasteiger partial charge in [0, 0.05) is 31.2 Å². The molecule has 0 unspecified atom stereocenters. The van der Waals surface area contributed by atoms with E-state index < -0.39 is 28.5 Å². The maximum atomic E-state index is 12.8. The second-order valence-corrected chi connectivity index (χ2v) is 8.74. The highest BCUT2D eigenvalue weighted by Crippen LogP contribution is 2.25. The molecule has 1 N–H and O–H groups in total. The summed E-state index contributed by atoms with van der Waals surface area (Å²) in [5, 5.41) is 2.62. The number of aromatic nitrogens is 1. The molecule has 3 rings (SSSR count). The van der Waals surface area contributed by atoms with Crippen LogP contribution in [0.2, 0.25) is 0 Å². The zero-order chi connectivity index (χ0) is 20.9. The second-order valence-electron chi connectivity index (χ2n) is 6.80. The van der Waals surface area contributed by atoms with E-state index in [0.717, 1.165) is 19.3 Å². The van der Waals surface area contributed by atoms with Gasteiger partial charge < -0.3 is 10.1 Å². The fraction of sp³-hybridized carbons (Fsp3) is 0.350. The lowest BCUT2D eigenvalue weighted by Crippen LogP contribution is -2.35. The number of hydrogen-bond acceptors (Lipinski definition) is 6. The van der Waals surface area contributed by atoms with Gasteiger partial charge in [-0.25, -0.2) is 13.2 Å². The lowest BCUT2D eigenvalue weighted by molar-refractivity contribution is -0.119. The molecule has 0 bridgehead atoms. The highest BCUT2D eigenvalue weighted by molar-refractivity contribution is 7.89. The second kappa shape index (κ2) is 9.15. The molecule has 1 aromatic carbocycles. The first-order valence-corrected chi connectivity index (χ1v) is 10.8. The fourth-order valence-corrected chi connectivity index (χ4v) is 4.58. The fourth-order valence-electron chi connectivity index (χ4n) is 3.04. The standard InChI is InChI=1S/C20H23N3O5S/c1-15-5-6-17(29(26,27)23-11-3-2-4-12-23)13-18(15)22-19(24)14-28-20(25)16-7-9-21-10-8-16/h5-10,13H,2-4,11-12,14H2,1H3,(H,22,24). The zero-order valence-corrected chi connectivity index (χ0v) is 16.9. The third-order valence-corrected chi connectivity index (χ3v) is 6.58. The molecule has 0 saturated carbocycles. The maximum Gasteiger partial charge on any atom is 0.338 e. The Kier molecular flexibility index (Phi) is 6.60. The van der Waals surface area contributed by atoms with Gasteiger partial charge in [0.15, 0.2) is 6.61 Å². The number of pyridine rings is 1. The summed E-state index contributed by atoms with van der Waals surface area (Å²) in [6, 6.07) is 7.61. The summed E-state index contributed by atoms with van der Waals surface area (Å²) in [6.45, 7) is 2.28. The molecule has 1 aliphatic heterocycles. The maximum absolute atomic E-state index is 12.8. The van der Waals surface area contributed by atoms with Gasteiger partial charge in [0.25, 0.3) is 5.91 Å². The van der Waals surface area contributed by atoms with E-state index >= 15 is 0 Å². The van der Waals surface area contributed by atoms with Crippen molar-refractivity contribution in [3.8, 4) is 0 Å². The van der Waals surface area contributed by atoms with Crippen molar-refractivity contribution in [2.45, 2.75) is 31.1 Å². The molecule has 0 radical (unpaired) electrons. The zero-order valence-electron chi connectivity index (χ0n) is 16.1. The third kappa shape index (κ3) is 5.18. The summed E-state index contributed by atoms with van der Waals surface area (Å²) < 4.78 is 32.2. The van der Waals surface area contributed by atoms with Crippen molar-refractivity contribution in [2.24, 2.45) is 0 Å². The number of piperidine rings is 1. The summed E-state index contributed by atoms with van der Waals surface area (Å²) in [5.74, 6) is -1.19. The number of nitrogens with one attached hydrogen (secondary N) is 1. The van der Waals surface area contributed by atoms with Crippen molar-refractivity contribution in [3.05, 3.63) is 53.9 Å². The highest BCUT2D eigenvalue weighted by atomic mass is 32.2. The van der Waals surface area contributed by atoms with Crippen LogP contribution >= 0.6 is 0 Å². The predicted octanol–water partition coefficient (Wildman–Crippen LogP) is 2.36. The number of rotatable bonds is 6. The van der Waals surface area contributed by atoms with E-state index in [1.54, 1.807) is 19.1 Å². The van der Waals surface area contributed by atoms with Crippen molar-refractivity contribution in [1.29, 1.82) is 0 Å². The Morgan fingerprint density at radius 2 is 1.79 bits per heavy atom. The van der Waals surface area contributed by atoms with Gasteiger partial charge >= 0.3 is 5.97 Å². The molecule has 154 valence electrons. The number of esters is 1. The first-order valence-electron chi connectivity index (χ1n) is 9.36. The summed E-state index contributed by atoms with van der Waals surface area (Å²) in [4.78, 5) is 28.1. The monoisotopic (exact) mass is 417 g/mol. The first kappa shape index (κ1) is 20.9. The quantitative estimate of drug-likeness (QED) is 0.724. The molecule has 1 fully saturated rings. The van der Waals surface area contributed by atoms with Crippen LogP contribution in [0.5, 0.6) is 0 Å². The third-order valence-electron chi connectivity index (χ3n) is 4.69. The van der Waals surface area contributed by atoms with Crippen LogP contribution in [0.4, 0.5) is 5.69 Å². The predicted molar refractivity (Wildman–Crippen MR) is 107 cm³/mol. The Morgan fingerprint density at radius 3 is 2.48 bits per heavy atom. The number of ether oxygens (including phenoxy) is 1. The average molecular weight is 417 g/mol. The van der Waals surface area contributed by atoms with E-state index in [1.807, 2.05) is 0 Å². The molecule has 29 heavy (non-hydrogen) atoms. The smallest absolute Gasteiger partial charge is 0.338 e. The van der Waals surface area contributed by atoms with Crippen LogP contribution in [-0.4, -0.2) is 49.3 Å². The number of benzene rings is 1. The molecule has 0 atom stereocenters. The molecule has 9 heteroatoms. The SMILES string of the molecule is Cc1ccc(S(=O)(=O)N2CCCCC2)cc1NC(=O)COC(=O)c1ccncc1. The molecular formula is C20H23N3O5S. The van der Waals surface area contributed by atoms with E-state index in [9.17, 15) is 18.0 Å². The van der Waals surface area contributed by atoms with Gasteiger partial charge in [0.05, 0.1) is 10.5 Å². The lowest BCUT2D eigenvalue weighted by atomic mass is 10.2. The number of aryl methyl sites for hydroxylation is 1. The van der Waals surface area contributed by atoms with E-state index in [-0.39, 0.29) is 4.90 Å². The normalized spacial score (nSPS) is 14.9. The summed E-state index contributed by atoms with van der Waals surface area (Å²) in [6.07, 6.45) is 5.62. The van der Waals surface area contributed by atoms with Gasteiger partial charge in [-0.2, -0.15) is 4.31 Å². The van der Waals surface area contributed by atoms with Crippen LogP contribution in [0.15, 0.2) is 47.6 Å². The summed E-state index contributed by atoms with van der Waals surface area (Å²) >= 11 is 0. The number of carbonyl (C=O) groups excluding carboxylic acids is 2. The molecule has 1 aromatic heterocycles. The van der Waals surface area contributed by atoms with Crippen LogP contribution in [0.3, 0.4) is 0 Å². The van der Waals surface area contributed by atoms with E-state index in [2.05, 4.69) is 10.3 Å². The van der Waals surface area contributed by atoms with Crippen LogP contribution in [0.1, 0.15) is 35.2 Å². The van der Waals surface area contributed by atoms with Gasteiger partial charge in [0.2, 0.25) is 10.0 Å². The molecule has 1 saturated heterocycles. The van der Waals surface area contributed by atoms with E-state index in [1.165, 1.54) is 34.9 Å². The summed E-state index contributed by atoms with van der Waals surface area (Å²) in [5.41, 5.74) is 1.36. The number of carbonyl (C=O) groups is 2. The topological polar surface area (TPSA) is 106 Å². The number of nitrogens with zero attached hydrogens (tertiary/aromatic N) is 2. The Hall–Kier alpha value is -2.78. The van der Waals surface area contributed by atoms with Crippen molar-refractivity contribution in [1.82, 2.24) is 9.29 Å². The highest BCUT2D eigenvalue weighted by Gasteiger charge is 2.26. The Bertz CT molecular complexity index is 986. The van der Waals surface area contributed by atoms with Gasteiger partial charge in [0.1, 0.15) is 0 Å². The molecule has 1 aliphatic rings. The van der Waals surface area contributed by atoms with Crippen LogP contribution < -0.4 is 5.32 Å². The number of hydrogen-bond donors (Lipinski definition) is 1. The minimum Gasteiger partial charge on any atom is -0.452 e. The molecule has 1 amide bonds. The van der Waals surface area contributed by atoms with Crippen molar-refractivity contribution < 1.29 is 22.7 Å². The molecule has 0 aliphatic carbocycles. The average Bonchev–Trinajstić information content (AvgIpc) is 2.74. The number of anilines is 1. The molecule has 0 spiro atoms. The molecule has 2 aromatic rings. The van der Waals surface area contributed by atoms with Gasteiger partial charge in [-0.15, -0.1) is 0 Å². The first-order chi connectivity index (χ1) is 13.9. The van der Waals surface area contributed by atoms with Gasteiger partial charge in [-0.1, -0.05) is 12.5 Å². The lowest BCUT2D eigenvalue weighted by Gasteiger charge is -2.26. The number of amides is 1. The Morgan fingerprint density at radius 1 is 1.10 bits per heavy atom.